The second kappa shape index (κ2) is 14.8. The van der Waals surface area contributed by atoms with Crippen LogP contribution in [0.5, 0.6) is 0 Å². The fourth-order valence-corrected chi connectivity index (χ4v) is 7.41. The van der Waals surface area contributed by atoms with Gasteiger partial charge in [-0.15, -0.1) is 0 Å². The summed E-state index contributed by atoms with van der Waals surface area (Å²) in [5.74, 6) is 0. The molecule has 0 fully saturated rings. The molecule has 0 spiro atoms. The minimum absolute atomic E-state index is 1.09. The van der Waals surface area contributed by atoms with Crippen molar-refractivity contribution in [1.82, 2.24) is 0 Å². The number of nitrogens with zero attached hydrogens (tertiary/aromatic N) is 2. The molecule has 2 nitrogen and oxygen atoms in total. The van der Waals surface area contributed by atoms with Gasteiger partial charge in [-0.25, -0.2) is 0 Å². The van der Waals surface area contributed by atoms with E-state index < -0.39 is 0 Å². The van der Waals surface area contributed by atoms with Crippen LogP contribution >= 0.6 is 0 Å². The summed E-state index contributed by atoms with van der Waals surface area (Å²) >= 11 is 0. The Kier molecular flexibility index (Phi) is 8.99. The molecule has 0 heterocycles. The van der Waals surface area contributed by atoms with Gasteiger partial charge in [0.25, 0.3) is 0 Å². The zero-order valence-corrected chi connectivity index (χ0v) is 29.8. The highest BCUT2D eigenvalue weighted by Crippen LogP contribution is 2.47. The third-order valence-corrected chi connectivity index (χ3v) is 10.00. The molecule has 9 aromatic carbocycles. The molecule has 0 bridgehead atoms. The Balaban J connectivity index is 1.31. The van der Waals surface area contributed by atoms with E-state index in [0.29, 0.717) is 0 Å². The summed E-state index contributed by atoms with van der Waals surface area (Å²) in [5.41, 5.74) is 13.7. The van der Waals surface area contributed by atoms with Crippen LogP contribution in [-0.2, 0) is 0 Å². The smallest absolute Gasteiger partial charge is 0.0546 e. The van der Waals surface area contributed by atoms with Crippen LogP contribution in [0.25, 0.3) is 44.2 Å². The second-order valence-electron chi connectivity index (χ2n) is 13.4. The fourth-order valence-electron chi connectivity index (χ4n) is 7.41. The number of fused-ring (bicyclic) bond motifs is 1. The Bertz CT molecular complexity index is 2570. The monoisotopic (exact) mass is 690 g/mol. The predicted molar refractivity (Wildman–Crippen MR) is 230 cm³/mol. The molecule has 0 unspecified atom stereocenters. The van der Waals surface area contributed by atoms with E-state index in [1.807, 2.05) is 0 Å². The number of rotatable bonds is 9. The first-order valence-corrected chi connectivity index (χ1v) is 18.4. The lowest BCUT2D eigenvalue weighted by Crippen LogP contribution is -2.12. The van der Waals surface area contributed by atoms with Gasteiger partial charge in [0.1, 0.15) is 0 Å². The molecule has 0 aromatic heterocycles. The van der Waals surface area contributed by atoms with Crippen LogP contribution in [0, 0.1) is 0 Å². The van der Waals surface area contributed by atoms with E-state index in [1.165, 1.54) is 11.1 Å². The van der Waals surface area contributed by atoms with Crippen molar-refractivity contribution < 1.29 is 0 Å². The molecule has 0 aliphatic heterocycles. The van der Waals surface area contributed by atoms with E-state index in [1.54, 1.807) is 0 Å². The Hall–Kier alpha value is -7.16. The van der Waals surface area contributed by atoms with E-state index >= 15 is 0 Å². The van der Waals surface area contributed by atoms with Gasteiger partial charge in [0.15, 0.2) is 0 Å². The average Bonchev–Trinajstić information content (AvgIpc) is 3.26. The van der Waals surface area contributed by atoms with Crippen LogP contribution in [0.15, 0.2) is 231 Å². The van der Waals surface area contributed by atoms with Gasteiger partial charge >= 0.3 is 0 Å². The maximum atomic E-state index is 2.40. The molecule has 0 aliphatic carbocycles. The van der Waals surface area contributed by atoms with Gasteiger partial charge in [-0.3, -0.25) is 0 Å². The maximum absolute atomic E-state index is 2.40. The normalized spacial score (nSPS) is 11.0. The summed E-state index contributed by atoms with van der Waals surface area (Å²) in [5, 5.41) is 2.33. The van der Waals surface area contributed by atoms with Crippen molar-refractivity contribution in [2.75, 3.05) is 9.80 Å². The summed E-state index contributed by atoms with van der Waals surface area (Å²) < 4.78 is 0. The van der Waals surface area contributed by atoms with E-state index in [0.717, 1.165) is 67.2 Å². The summed E-state index contributed by atoms with van der Waals surface area (Å²) in [6.45, 7) is 0. The van der Waals surface area contributed by atoms with E-state index in [2.05, 4.69) is 240 Å². The van der Waals surface area contributed by atoms with Crippen molar-refractivity contribution in [1.29, 1.82) is 0 Å². The summed E-state index contributed by atoms with van der Waals surface area (Å²) in [6, 6.07) is 82.6. The third kappa shape index (κ3) is 6.53. The molecule has 54 heavy (non-hydrogen) atoms. The lowest BCUT2D eigenvalue weighted by atomic mass is 9.93. The number of hydrogen-bond acceptors (Lipinski definition) is 2. The van der Waals surface area contributed by atoms with E-state index in [4.69, 9.17) is 0 Å². The van der Waals surface area contributed by atoms with Crippen LogP contribution in [0.1, 0.15) is 0 Å². The minimum Gasteiger partial charge on any atom is -0.310 e. The number of para-hydroxylation sites is 3. The Morgan fingerprint density at radius 2 is 0.500 bits per heavy atom. The largest absolute Gasteiger partial charge is 0.310 e. The first-order valence-electron chi connectivity index (χ1n) is 18.4. The first kappa shape index (κ1) is 32.7. The van der Waals surface area contributed by atoms with Crippen molar-refractivity contribution in [3.63, 3.8) is 0 Å². The molecule has 9 rings (SSSR count). The average molecular weight is 691 g/mol. The minimum atomic E-state index is 1.09. The molecule has 0 radical (unpaired) electrons. The Morgan fingerprint density at radius 1 is 0.222 bits per heavy atom. The first-order chi connectivity index (χ1) is 26.8. The SMILES string of the molecule is c1ccc(-c2ccc(N(c3ccccc3)c3cc4cc(-c5ccccc5)c(N(c5ccccc5)c5ccccc5)cc4cc3-c3ccccc3)cc2)cc1. The Morgan fingerprint density at radius 3 is 0.852 bits per heavy atom. The number of hydrogen-bond donors (Lipinski definition) is 0. The van der Waals surface area contributed by atoms with Crippen LogP contribution in [-0.4, -0.2) is 0 Å². The van der Waals surface area contributed by atoms with Crippen molar-refractivity contribution in [2.45, 2.75) is 0 Å². The van der Waals surface area contributed by atoms with Gasteiger partial charge in [0.2, 0.25) is 0 Å². The van der Waals surface area contributed by atoms with Crippen LogP contribution < -0.4 is 9.80 Å². The molecular weight excluding hydrogens is 653 g/mol. The van der Waals surface area contributed by atoms with E-state index in [-0.39, 0.29) is 0 Å². The molecule has 0 amide bonds. The number of anilines is 6. The highest BCUT2D eigenvalue weighted by atomic mass is 15.2. The molecule has 0 atom stereocenters. The molecule has 256 valence electrons. The molecule has 0 saturated carbocycles. The van der Waals surface area contributed by atoms with E-state index in [9.17, 15) is 0 Å². The lowest BCUT2D eigenvalue weighted by Gasteiger charge is -2.30. The zero-order chi connectivity index (χ0) is 36.1. The topological polar surface area (TPSA) is 6.48 Å². The van der Waals surface area contributed by atoms with Crippen molar-refractivity contribution in [3.05, 3.63) is 231 Å². The van der Waals surface area contributed by atoms with Gasteiger partial charge in [-0.2, -0.15) is 0 Å². The zero-order valence-electron chi connectivity index (χ0n) is 29.8. The predicted octanol–water partition coefficient (Wildman–Crippen LogP) is 14.8. The second-order valence-corrected chi connectivity index (χ2v) is 13.4. The highest BCUT2D eigenvalue weighted by molar-refractivity contribution is 6.04. The quantitative estimate of drug-likeness (QED) is 0.149. The van der Waals surface area contributed by atoms with Gasteiger partial charge in [0.05, 0.1) is 11.4 Å². The molecule has 2 heteroatoms. The highest BCUT2D eigenvalue weighted by Gasteiger charge is 2.22. The molecule has 0 saturated heterocycles. The van der Waals surface area contributed by atoms with Gasteiger partial charge in [-0.1, -0.05) is 158 Å². The fraction of sp³-hybridized carbons (Fsp3) is 0. The molecule has 0 N–H and O–H groups in total. The molecule has 0 aliphatic rings. The third-order valence-electron chi connectivity index (χ3n) is 10.00. The van der Waals surface area contributed by atoms with Gasteiger partial charge in [-0.05, 0) is 106 Å². The molecular formula is C52H38N2. The van der Waals surface area contributed by atoms with Crippen molar-refractivity contribution in [3.8, 4) is 33.4 Å². The lowest BCUT2D eigenvalue weighted by molar-refractivity contribution is 1.28. The van der Waals surface area contributed by atoms with Gasteiger partial charge < -0.3 is 9.80 Å². The van der Waals surface area contributed by atoms with Gasteiger partial charge in [0, 0.05) is 33.9 Å². The molecule has 9 aromatic rings. The summed E-state index contributed by atoms with van der Waals surface area (Å²) in [7, 11) is 0. The van der Waals surface area contributed by atoms with Crippen LogP contribution in [0.4, 0.5) is 34.1 Å². The van der Waals surface area contributed by atoms with Crippen LogP contribution in [0.3, 0.4) is 0 Å². The standard InChI is InChI=1S/C52H38N2/c1-7-19-39(20-8-1)40-31-33-48(34-32-40)54(47-29-17-6-18-30-47)52-38-44-35-49(41-21-9-2-10-22-41)51(37-43(44)36-50(52)42-23-11-3-12-24-42)53(45-25-13-4-14-26-45)46-27-15-5-16-28-46/h1-38H. The number of benzene rings is 9. The van der Waals surface area contributed by atoms with Crippen molar-refractivity contribution >= 4 is 44.9 Å². The summed E-state index contributed by atoms with van der Waals surface area (Å²) in [6.07, 6.45) is 0. The maximum Gasteiger partial charge on any atom is 0.0546 e. The summed E-state index contributed by atoms with van der Waals surface area (Å²) in [4.78, 5) is 4.77. The van der Waals surface area contributed by atoms with Crippen molar-refractivity contribution in [2.24, 2.45) is 0 Å². The Labute approximate surface area is 317 Å². The van der Waals surface area contributed by atoms with Crippen LogP contribution in [0.2, 0.25) is 0 Å².